The number of ether oxygens (including phenoxy) is 2. The first-order chi connectivity index (χ1) is 16.4. The van der Waals surface area contributed by atoms with Crippen LogP contribution in [0.15, 0.2) is 12.2 Å². The van der Waals surface area contributed by atoms with Gasteiger partial charge in [-0.1, -0.05) is 13.5 Å². The third-order valence-corrected chi connectivity index (χ3v) is 12.0. The van der Waals surface area contributed by atoms with Crippen molar-refractivity contribution in [1.29, 1.82) is 0 Å². The first-order valence-electron chi connectivity index (χ1n) is 13.6. The molecule has 0 aliphatic heterocycles. The van der Waals surface area contributed by atoms with Gasteiger partial charge in [0.2, 0.25) is 0 Å². The molecule has 0 aromatic rings. The number of rotatable bonds is 6. The van der Waals surface area contributed by atoms with E-state index >= 15 is 0 Å². The van der Waals surface area contributed by atoms with Crippen molar-refractivity contribution < 1.29 is 27.9 Å². The van der Waals surface area contributed by atoms with E-state index in [1.165, 1.54) is 14.2 Å². The molecule has 8 atom stereocenters. The quantitative estimate of drug-likeness (QED) is 0.238. The van der Waals surface area contributed by atoms with Crippen LogP contribution in [0.5, 0.6) is 0 Å². The zero-order valence-electron chi connectivity index (χ0n) is 24.2. The topological polar surface area (TPSA) is 71.1 Å². The molecule has 4 rings (SSSR count). The summed E-state index contributed by atoms with van der Waals surface area (Å²) in [5.74, 6) is -0.780. The zero-order chi connectivity index (χ0) is 27.1. The number of methoxy groups -OCH3 is 2. The second-order valence-corrected chi connectivity index (χ2v) is 23.5. The molecule has 0 radical (unpaired) electrons. The molecule has 4 fully saturated rings. The van der Waals surface area contributed by atoms with Gasteiger partial charge in [-0.15, -0.1) is 0 Å². The molecule has 1 spiro atoms. The maximum absolute atomic E-state index is 13.8. The Bertz CT molecular complexity index is 953. The number of carbonyl (C=O) groups is 2. The highest BCUT2D eigenvalue weighted by molar-refractivity contribution is 6.70. The largest absolute Gasteiger partial charge is 0.469 e. The van der Waals surface area contributed by atoms with Gasteiger partial charge in [0.1, 0.15) is 0 Å². The highest BCUT2D eigenvalue weighted by Gasteiger charge is 2.78. The Hall–Kier alpha value is -0.966. The molecule has 6 nitrogen and oxygen atoms in total. The SMILES string of the molecule is C=C1C[C@]23C[C@@]1(O[Si](C)(C)C)CC[C@H]2[C@]1(C)C[C@H](O[Si](C)(C)C)C[C@@](C)(C(=O)OC)[C@H]1[C@@H]3C(=O)OC. The van der Waals surface area contributed by atoms with Gasteiger partial charge in [0.05, 0.1) is 31.2 Å². The molecule has 0 N–H and O–H groups in total. The second kappa shape index (κ2) is 8.52. The lowest BCUT2D eigenvalue weighted by molar-refractivity contribution is -0.176. The Balaban J connectivity index is 1.89. The second-order valence-electron chi connectivity index (χ2n) is 14.6. The summed E-state index contributed by atoms with van der Waals surface area (Å²) < 4.78 is 24.6. The monoisotopic (exact) mass is 536 g/mol. The van der Waals surface area contributed by atoms with Crippen molar-refractivity contribution in [2.75, 3.05) is 14.2 Å². The van der Waals surface area contributed by atoms with Gasteiger partial charge in [0.15, 0.2) is 16.6 Å². The van der Waals surface area contributed by atoms with E-state index in [1.807, 2.05) is 6.92 Å². The average molecular weight is 537 g/mol. The molecule has 0 heterocycles. The summed E-state index contributed by atoms with van der Waals surface area (Å²) >= 11 is 0. The Labute approximate surface area is 220 Å². The van der Waals surface area contributed by atoms with Crippen LogP contribution in [0, 0.1) is 34.0 Å². The van der Waals surface area contributed by atoms with Crippen LogP contribution < -0.4 is 0 Å². The van der Waals surface area contributed by atoms with E-state index in [0.717, 1.165) is 37.7 Å². The first kappa shape index (κ1) is 28.1. The van der Waals surface area contributed by atoms with Crippen LogP contribution in [0.25, 0.3) is 0 Å². The number of carbonyl (C=O) groups excluding carboxylic acids is 2. The van der Waals surface area contributed by atoms with E-state index in [-0.39, 0.29) is 46.3 Å². The maximum Gasteiger partial charge on any atom is 0.311 e. The van der Waals surface area contributed by atoms with E-state index in [2.05, 4.69) is 52.8 Å². The van der Waals surface area contributed by atoms with Crippen LogP contribution >= 0.6 is 0 Å². The fourth-order valence-corrected chi connectivity index (χ4v) is 12.3. The predicted molar refractivity (Wildman–Crippen MR) is 145 cm³/mol. The van der Waals surface area contributed by atoms with Gasteiger partial charge in [-0.2, -0.15) is 0 Å². The molecular weight excluding hydrogens is 488 g/mol. The van der Waals surface area contributed by atoms with Gasteiger partial charge < -0.3 is 18.3 Å². The van der Waals surface area contributed by atoms with Gasteiger partial charge in [0.25, 0.3) is 0 Å². The van der Waals surface area contributed by atoms with E-state index in [0.29, 0.717) is 6.42 Å². The first-order valence-corrected chi connectivity index (χ1v) is 20.4. The van der Waals surface area contributed by atoms with Gasteiger partial charge in [-0.3, -0.25) is 9.59 Å². The molecular formula is C28H48O6Si2. The summed E-state index contributed by atoms with van der Waals surface area (Å²) in [4.78, 5) is 27.4. The fourth-order valence-electron chi connectivity index (χ4n) is 9.60. The summed E-state index contributed by atoms with van der Waals surface area (Å²) in [6.45, 7) is 22.2. The van der Waals surface area contributed by atoms with Crippen LogP contribution in [0.3, 0.4) is 0 Å². The van der Waals surface area contributed by atoms with Crippen molar-refractivity contribution >= 4 is 28.6 Å². The molecule has 204 valence electrons. The van der Waals surface area contributed by atoms with Crippen molar-refractivity contribution in [2.45, 2.75) is 103 Å². The Morgan fingerprint density at radius 2 is 1.61 bits per heavy atom. The van der Waals surface area contributed by atoms with Crippen LogP contribution in [-0.4, -0.2) is 54.5 Å². The van der Waals surface area contributed by atoms with E-state index < -0.39 is 28.0 Å². The highest BCUT2D eigenvalue weighted by Crippen LogP contribution is 2.79. The van der Waals surface area contributed by atoms with Gasteiger partial charge in [-0.05, 0) is 113 Å². The summed E-state index contributed by atoms with van der Waals surface area (Å²) in [7, 11) is -0.784. The summed E-state index contributed by atoms with van der Waals surface area (Å²) in [6, 6.07) is 0. The Morgan fingerprint density at radius 1 is 0.972 bits per heavy atom. The lowest BCUT2D eigenvalue weighted by atomic mass is 9.52. The van der Waals surface area contributed by atoms with Gasteiger partial charge in [0, 0.05) is 6.10 Å². The molecule has 0 amide bonds. The fraction of sp³-hybridized carbons (Fsp3) is 0.857. The minimum absolute atomic E-state index is 0.0371. The molecule has 2 bridgehead atoms. The van der Waals surface area contributed by atoms with E-state index in [1.54, 1.807) is 0 Å². The molecule has 0 aromatic carbocycles. The molecule has 0 unspecified atom stereocenters. The molecule has 0 saturated heterocycles. The maximum atomic E-state index is 13.8. The summed E-state index contributed by atoms with van der Waals surface area (Å²) in [5, 5.41) is 0. The predicted octanol–water partition coefficient (Wildman–Crippen LogP) is 5.94. The minimum atomic E-state index is -1.87. The van der Waals surface area contributed by atoms with Crippen molar-refractivity contribution in [3.8, 4) is 0 Å². The molecule has 36 heavy (non-hydrogen) atoms. The van der Waals surface area contributed by atoms with Crippen LogP contribution in [0.1, 0.15) is 52.4 Å². The van der Waals surface area contributed by atoms with E-state index in [4.69, 9.17) is 18.3 Å². The van der Waals surface area contributed by atoms with Crippen molar-refractivity contribution in [2.24, 2.45) is 34.0 Å². The molecule has 4 aliphatic rings. The lowest BCUT2D eigenvalue weighted by Crippen LogP contribution is -2.56. The molecule has 0 aromatic heterocycles. The number of hydrogen-bond donors (Lipinski definition) is 0. The number of fused-ring (bicyclic) bond motifs is 3. The van der Waals surface area contributed by atoms with Crippen molar-refractivity contribution in [1.82, 2.24) is 0 Å². The summed E-state index contributed by atoms with van der Waals surface area (Å²) in [5.41, 5.74) is -0.695. The van der Waals surface area contributed by atoms with E-state index in [9.17, 15) is 9.59 Å². The van der Waals surface area contributed by atoms with Gasteiger partial charge >= 0.3 is 11.9 Å². The van der Waals surface area contributed by atoms with Crippen molar-refractivity contribution in [3.05, 3.63) is 12.2 Å². The Kier molecular flexibility index (Phi) is 6.64. The standard InChI is InChI=1S/C28H48O6Si2/c1-18-14-27-17-28(18,34-36(9,10)11)13-12-20(27)25(2)15-19(33-35(6,7)8)16-26(3,24(30)32-5)22(25)21(27)23(29)31-4/h19-22H,1,12-17H2,2-11H3/t19-,20-,21+,22-,25-,26+,27-,28-/m0/s1. The highest BCUT2D eigenvalue weighted by atomic mass is 28.4. The third kappa shape index (κ3) is 4.09. The van der Waals surface area contributed by atoms with Crippen LogP contribution in [-0.2, 0) is 27.9 Å². The number of esters is 2. The summed E-state index contributed by atoms with van der Waals surface area (Å²) in [6.07, 6.45) is 4.81. The number of hydrogen-bond acceptors (Lipinski definition) is 6. The van der Waals surface area contributed by atoms with Crippen LogP contribution in [0.2, 0.25) is 39.3 Å². The molecule has 4 saturated carbocycles. The van der Waals surface area contributed by atoms with Gasteiger partial charge in [-0.25, -0.2) is 0 Å². The normalized spacial score (nSPS) is 44.1. The lowest BCUT2D eigenvalue weighted by Gasteiger charge is -2.54. The molecule has 8 heteroatoms. The third-order valence-electron chi connectivity index (χ3n) is 9.93. The van der Waals surface area contributed by atoms with Crippen LogP contribution in [0.4, 0.5) is 0 Å². The Morgan fingerprint density at radius 3 is 2.14 bits per heavy atom. The zero-order valence-corrected chi connectivity index (χ0v) is 26.2. The minimum Gasteiger partial charge on any atom is -0.469 e. The van der Waals surface area contributed by atoms with Crippen molar-refractivity contribution in [3.63, 3.8) is 0 Å². The smallest absolute Gasteiger partial charge is 0.311 e. The molecule has 4 aliphatic carbocycles. The average Bonchev–Trinajstić information content (AvgIpc) is 3.06.